The number of rotatable bonds is 3. The Hall–Kier alpha value is -1.69. The number of carbonyl (C=O) groups excluding carboxylic acids is 1. The number of halogens is 2. The van der Waals surface area contributed by atoms with Crippen molar-refractivity contribution in [2.45, 2.75) is 12.5 Å². The predicted octanol–water partition coefficient (Wildman–Crippen LogP) is 2.54. The highest BCUT2D eigenvalue weighted by atomic mass is 35.5. The van der Waals surface area contributed by atoms with E-state index in [1.807, 2.05) is 0 Å². The molecule has 0 spiro atoms. The molecule has 1 amide bonds. The fourth-order valence-electron chi connectivity index (χ4n) is 2.33. The van der Waals surface area contributed by atoms with Crippen LogP contribution < -0.4 is 10.6 Å². The Morgan fingerprint density at radius 1 is 1.23 bits per heavy atom. The first-order valence-electron chi connectivity index (χ1n) is 6.92. The smallest absolute Gasteiger partial charge is 0.270 e. The molecule has 114 valence electrons. The van der Waals surface area contributed by atoms with Gasteiger partial charge in [0.1, 0.15) is 12.0 Å². The van der Waals surface area contributed by atoms with Gasteiger partial charge >= 0.3 is 0 Å². The van der Waals surface area contributed by atoms with Crippen LogP contribution in [0.4, 0.5) is 0 Å². The maximum absolute atomic E-state index is 12.2. The van der Waals surface area contributed by atoms with Crippen LogP contribution in [0.3, 0.4) is 0 Å². The lowest BCUT2D eigenvalue weighted by atomic mass is 10.1. The largest absolute Gasteiger partial charge is 0.347 e. The van der Waals surface area contributed by atoms with Crippen LogP contribution in [0, 0.1) is 0 Å². The first kappa shape index (κ1) is 15.2. The molecule has 1 fully saturated rings. The van der Waals surface area contributed by atoms with Gasteiger partial charge in [0.2, 0.25) is 0 Å². The van der Waals surface area contributed by atoms with Crippen molar-refractivity contribution in [2.75, 3.05) is 13.1 Å². The fourth-order valence-corrected chi connectivity index (χ4v) is 2.63. The van der Waals surface area contributed by atoms with Crippen molar-refractivity contribution in [3.8, 4) is 11.3 Å². The van der Waals surface area contributed by atoms with Crippen LogP contribution in [0.25, 0.3) is 11.3 Å². The van der Waals surface area contributed by atoms with E-state index in [0.717, 1.165) is 25.1 Å². The Kier molecular flexibility index (Phi) is 4.57. The standard InChI is InChI=1S/C15H14Cl2N4O/c16-11-2-1-9(5-12(11)17)13-6-14(20-8-19-13)15(22)21-10-3-4-18-7-10/h1-2,5-6,8,10,18H,3-4,7H2,(H,21,22). The average Bonchev–Trinajstić information content (AvgIpc) is 3.03. The second-order valence-corrected chi connectivity index (χ2v) is 5.89. The summed E-state index contributed by atoms with van der Waals surface area (Å²) in [6.45, 7) is 1.71. The van der Waals surface area contributed by atoms with E-state index in [2.05, 4.69) is 20.6 Å². The van der Waals surface area contributed by atoms with Gasteiger partial charge < -0.3 is 10.6 Å². The van der Waals surface area contributed by atoms with E-state index >= 15 is 0 Å². The molecule has 1 aliphatic rings. The van der Waals surface area contributed by atoms with Gasteiger partial charge in [-0.05, 0) is 31.2 Å². The summed E-state index contributed by atoms with van der Waals surface area (Å²) >= 11 is 11.9. The zero-order valence-corrected chi connectivity index (χ0v) is 13.2. The number of amides is 1. The lowest BCUT2D eigenvalue weighted by Gasteiger charge is -2.11. The molecule has 1 unspecified atom stereocenters. The van der Waals surface area contributed by atoms with Crippen molar-refractivity contribution >= 4 is 29.1 Å². The third-order valence-corrected chi connectivity index (χ3v) is 4.25. The van der Waals surface area contributed by atoms with Gasteiger partial charge in [0, 0.05) is 18.2 Å². The number of aromatic nitrogens is 2. The highest BCUT2D eigenvalue weighted by Gasteiger charge is 2.18. The quantitative estimate of drug-likeness (QED) is 0.903. The predicted molar refractivity (Wildman–Crippen MR) is 86.2 cm³/mol. The van der Waals surface area contributed by atoms with E-state index < -0.39 is 0 Å². The summed E-state index contributed by atoms with van der Waals surface area (Å²) < 4.78 is 0. The number of nitrogens with one attached hydrogen (secondary N) is 2. The van der Waals surface area contributed by atoms with Crippen LogP contribution in [-0.2, 0) is 0 Å². The van der Waals surface area contributed by atoms with Crippen molar-refractivity contribution in [1.82, 2.24) is 20.6 Å². The van der Waals surface area contributed by atoms with Crippen LogP contribution in [0.2, 0.25) is 10.0 Å². The van der Waals surface area contributed by atoms with Crippen LogP contribution in [0.5, 0.6) is 0 Å². The van der Waals surface area contributed by atoms with Crippen molar-refractivity contribution in [2.24, 2.45) is 0 Å². The summed E-state index contributed by atoms with van der Waals surface area (Å²) in [4.78, 5) is 20.5. The highest BCUT2D eigenvalue weighted by Crippen LogP contribution is 2.27. The minimum absolute atomic E-state index is 0.149. The second kappa shape index (κ2) is 6.60. The molecule has 2 N–H and O–H groups in total. The second-order valence-electron chi connectivity index (χ2n) is 5.08. The van der Waals surface area contributed by atoms with Gasteiger partial charge in [-0.3, -0.25) is 4.79 Å². The third-order valence-electron chi connectivity index (χ3n) is 3.51. The zero-order chi connectivity index (χ0) is 15.5. The zero-order valence-electron chi connectivity index (χ0n) is 11.6. The van der Waals surface area contributed by atoms with Gasteiger partial charge in [0.15, 0.2) is 0 Å². The Bertz CT molecular complexity index is 702. The first-order valence-corrected chi connectivity index (χ1v) is 7.68. The lowest BCUT2D eigenvalue weighted by Crippen LogP contribution is -2.36. The van der Waals surface area contributed by atoms with Gasteiger partial charge in [-0.15, -0.1) is 0 Å². The number of hydrogen-bond acceptors (Lipinski definition) is 4. The fraction of sp³-hybridized carbons (Fsp3) is 0.267. The van der Waals surface area contributed by atoms with Crippen LogP contribution in [-0.4, -0.2) is 35.0 Å². The topological polar surface area (TPSA) is 66.9 Å². The Labute approximate surface area is 138 Å². The van der Waals surface area contributed by atoms with E-state index in [1.165, 1.54) is 6.33 Å². The SMILES string of the molecule is O=C(NC1CCNC1)c1cc(-c2ccc(Cl)c(Cl)c2)ncn1. The van der Waals surface area contributed by atoms with Gasteiger partial charge in [-0.2, -0.15) is 0 Å². The molecule has 0 bridgehead atoms. The summed E-state index contributed by atoms with van der Waals surface area (Å²) in [5, 5.41) is 7.08. The maximum Gasteiger partial charge on any atom is 0.270 e. The Morgan fingerprint density at radius 2 is 2.09 bits per heavy atom. The molecule has 7 heteroatoms. The number of carbonyl (C=O) groups is 1. The molecular formula is C15H14Cl2N4O. The molecule has 3 rings (SSSR count). The maximum atomic E-state index is 12.2. The van der Waals surface area contributed by atoms with Gasteiger partial charge in [0.25, 0.3) is 5.91 Å². The first-order chi connectivity index (χ1) is 10.6. The van der Waals surface area contributed by atoms with Crippen molar-refractivity contribution in [3.63, 3.8) is 0 Å². The summed E-state index contributed by atoms with van der Waals surface area (Å²) in [5.41, 5.74) is 1.75. The van der Waals surface area contributed by atoms with E-state index in [-0.39, 0.29) is 11.9 Å². The van der Waals surface area contributed by atoms with Crippen LogP contribution in [0.15, 0.2) is 30.6 Å². The molecule has 1 aliphatic heterocycles. The molecule has 0 aliphatic carbocycles. The van der Waals surface area contributed by atoms with Gasteiger partial charge in [0.05, 0.1) is 15.7 Å². The normalized spacial score (nSPS) is 17.5. The molecular weight excluding hydrogens is 323 g/mol. The van der Waals surface area contributed by atoms with E-state index in [1.54, 1.807) is 24.3 Å². The summed E-state index contributed by atoms with van der Waals surface area (Å²) in [5.74, 6) is -0.197. The van der Waals surface area contributed by atoms with Gasteiger partial charge in [-0.25, -0.2) is 9.97 Å². The summed E-state index contributed by atoms with van der Waals surface area (Å²) in [6, 6.07) is 7.02. The number of nitrogens with zero attached hydrogens (tertiary/aromatic N) is 2. The molecule has 5 nitrogen and oxygen atoms in total. The summed E-state index contributed by atoms with van der Waals surface area (Å²) in [7, 11) is 0. The minimum Gasteiger partial charge on any atom is -0.347 e. The van der Waals surface area contributed by atoms with E-state index in [0.29, 0.717) is 21.4 Å². The Morgan fingerprint density at radius 3 is 2.82 bits per heavy atom. The molecule has 1 aromatic heterocycles. The minimum atomic E-state index is -0.197. The average molecular weight is 337 g/mol. The number of benzene rings is 1. The molecule has 2 heterocycles. The van der Waals surface area contributed by atoms with Gasteiger partial charge in [-0.1, -0.05) is 29.3 Å². The molecule has 1 atom stereocenters. The van der Waals surface area contributed by atoms with Crippen molar-refractivity contribution in [1.29, 1.82) is 0 Å². The van der Waals surface area contributed by atoms with Crippen LogP contribution in [0.1, 0.15) is 16.9 Å². The monoisotopic (exact) mass is 336 g/mol. The number of hydrogen-bond donors (Lipinski definition) is 2. The lowest BCUT2D eigenvalue weighted by molar-refractivity contribution is 0.0935. The Balaban J connectivity index is 1.82. The highest BCUT2D eigenvalue weighted by molar-refractivity contribution is 6.42. The van der Waals surface area contributed by atoms with Crippen molar-refractivity contribution in [3.05, 3.63) is 46.3 Å². The molecule has 0 saturated carbocycles. The molecule has 2 aromatic rings. The molecule has 1 saturated heterocycles. The van der Waals surface area contributed by atoms with Crippen LogP contribution >= 0.6 is 23.2 Å². The summed E-state index contributed by atoms with van der Waals surface area (Å²) in [6.07, 6.45) is 2.30. The third kappa shape index (κ3) is 3.38. The molecule has 0 radical (unpaired) electrons. The molecule has 22 heavy (non-hydrogen) atoms. The van der Waals surface area contributed by atoms with Crippen molar-refractivity contribution < 1.29 is 4.79 Å². The van der Waals surface area contributed by atoms with E-state index in [9.17, 15) is 4.79 Å². The van der Waals surface area contributed by atoms with E-state index in [4.69, 9.17) is 23.2 Å². The molecule has 1 aromatic carbocycles.